The van der Waals surface area contributed by atoms with Crippen LogP contribution in [0, 0.1) is 21.4 Å². The minimum absolute atomic E-state index is 0.0780. The van der Waals surface area contributed by atoms with E-state index in [2.05, 4.69) is 4.90 Å². The van der Waals surface area contributed by atoms with Crippen LogP contribution in [0.2, 0.25) is 0 Å². The first-order valence-electron chi connectivity index (χ1n) is 10.2. The first-order chi connectivity index (χ1) is 13.7. The molecule has 3 rings (SSSR count). The standard InChI is InChI=1S/C21H30N4O4/c1-21(2,3)20(27)24-10-4-5-16(15-24)19(26)23-13-11-22(12-14-23)17-6-8-18(9-7-17)25(28)29/h6-9,16H,4-5,10-15H2,1-3H3. The molecule has 2 amide bonds. The van der Waals surface area contributed by atoms with Gasteiger partial charge in [-0.1, -0.05) is 20.8 Å². The van der Waals surface area contributed by atoms with Crippen LogP contribution in [0.3, 0.4) is 0 Å². The molecule has 158 valence electrons. The fourth-order valence-electron chi connectivity index (χ4n) is 4.07. The maximum absolute atomic E-state index is 13.0. The van der Waals surface area contributed by atoms with Gasteiger partial charge in [0.05, 0.1) is 10.8 Å². The number of carbonyl (C=O) groups is 2. The van der Waals surface area contributed by atoms with Gasteiger partial charge >= 0.3 is 0 Å². The van der Waals surface area contributed by atoms with Gasteiger partial charge in [-0.15, -0.1) is 0 Å². The normalized spacial score (nSPS) is 20.5. The van der Waals surface area contributed by atoms with Crippen molar-refractivity contribution in [3.8, 4) is 0 Å². The van der Waals surface area contributed by atoms with Crippen molar-refractivity contribution < 1.29 is 14.5 Å². The molecule has 1 unspecified atom stereocenters. The molecule has 29 heavy (non-hydrogen) atoms. The van der Waals surface area contributed by atoms with Crippen LogP contribution in [-0.4, -0.2) is 65.8 Å². The van der Waals surface area contributed by atoms with Gasteiger partial charge in [-0.05, 0) is 25.0 Å². The van der Waals surface area contributed by atoms with E-state index in [1.54, 1.807) is 12.1 Å². The summed E-state index contributed by atoms with van der Waals surface area (Å²) < 4.78 is 0. The van der Waals surface area contributed by atoms with E-state index in [0.29, 0.717) is 32.7 Å². The highest BCUT2D eigenvalue weighted by molar-refractivity contribution is 5.84. The molecule has 0 bridgehead atoms. The zero-order chi connectivity index (χ0) is 21.2. The van der Waals surface area contributed by atoms with E-state index in [9.17, 15) is 19.7 Å². The molecule has 2 fully saturated rings. The van der Waals surface area contributed by atoms with Crippen molar-refractivity contribution in [1.82, 2.24) is 9.80 Å². The van der Waals surface area contributed by atoms with E-state index < -0.39 is 10.3 Å². The van der Waals surface area contributed by atoms with Crippen molar-refractivity contribution in [1.29, 1.82) is 0 Å². The average molecular weight is 402 g/mol. The van der Waals surface area contributed by atoms with Crippen molar-refractivity contribution in [3.05, 3.63) is 34.4 Å². The molecular weight excluding hydrogens is 372 g/mol. The van der Waals surface area contributed by atoms with Crippen molar-refractivity contribution in [2.45, 2.75) is 33.6 Å². The van der Waals surface area contributed by atoms with Crippen LogP contribution in [0.4, 0.5) is 11.4 Å². The molecule has 0 saturated carbocycles. The fourth-order valence-corrected chi connectivity index (χ4v) is 4.07. The van der Waals surface area contributed by atoms with Gasteiger partial charge in [-0.2, -0.15) is 0 Å². The Morgan fingerprint density at radius 2 is 1.62 bits per heavy atom. The van der Waals surface area contributed by atoms with Crippen LogP contribution in [0.15, 0.2) is 24.3 Å². The van der Waals surface area contributed by atoms with Crippen LogP contribution in [0.5, 0.6) is 0 Å². The third-order valence-corrected chi connectivity index (χ3v) is 5.72. The van der Waals surface area contributed by atoms with Crippen LogP contribution < -0.4 is 4.90 Å². The molecule has 8 heteroatoms. The molecule has 0 aliphatic carbocycles. The van der Waals surface area contributed by atoms with Crippen molar-refractivity contribution in [2.24, 2.45) is 11.3 Å². The van der Waals surface area contributed by atoms with Crippen molar-refractivity contribution >= 4 is 23.2 Å². The average Bonchev–Trinajstić information content (AvgIpc) is 2.72. The molecule has 8 nitrogen and oxygen atoms in total. The monoisotopic (exact) mass is 402 g/mol. The van der Waals surface area contributed by atoms with Gasteiger partial charge in [0.1, 0.15) is 0 Å². The van der Waals surface area contributed by atoms with E-state index in [1.165, 1.54) is 12.1 Å². The number of non-ortho nitro benzene ring substituents is 1. The lowest BCUT2D eigenvalue weighted by atomic mass is 9.90. The highest BCUT2D eigenvalue weighted by atomic mass is 16.6. The van der Waals surface area contributed by atoms with E-state index in [4.69, 9.17) is 0 Å². The Kier molecular flexibility index (Phi) is 6.10. The van der Waals surface area contributed by atoms with Gasteiger partial charge in [0, 0.05) is 62.5 Å². The topological polar surface area (TPSA) is 87.0 Å². The number of nitrogens with zero attached hydrogens (tertiary/aromatic N) is 4. The van der Waals surface area contributed by atoms with Crippen LogP contribution in [0.1, 0.15) is 33.6 Å². The van der Waals surface area contributed by atoms with Gasteiger partial charge in [0.15, 0.2) is 0 Å². The predicted molar refractivity (Wildman–Crippen MR) is 111 cm³/mol. The predicted octanol–water partition coefficient (Wildman–Crippen LogP) is 2.53. The molecule has 1 aromatic rings. The summed E-state index contributed by atoms with van der Waals surface area (Å²) in [6.07, 6.45) is 1.69. The molecule has 2 saturated heterocycles. The Labute approximate surface area is 171 Å². The summed E-state index contributed by atoms with van der Waals surface area (Å²) in [6.45, 7) is 9.63. The first kappa shape index (κ1) is 21.1. The number of rotatable bonds is 3. The summed E-state index contributed by atoms with van der Waals surface area (Å²) in [6, 6.07) is 6.53. The van der Waals surface area contributed by atoms with Gasteiger partial charge in [0.25, 0.3) is 5.69 Å². The number of hydrogen-bond acceptors (Lipinski definition) is 5. The van der Waals surface area contributed by atoms with E-state index in [-0.39, 0.29) is 23.4 Å². The van der Waals surface area contributed by atoms with Gasteiger partial charge in [-0.25, -0.2) is 0 Å². The molecule has 1 aromatic carbocycles. The molecule has 0 aromatic heterocycles. The first-order valence-corrected chi connectivity index (χ1v) is 10.2. The number of hydrogen-bond donors (Lipinski definition) is 0. The molecule has 2 aliphatic heterocycles. The lowest BCUT2D eigenvalue weighted by molar-refractivity contribution is -0.384. The summed E-state index contributed by atoms with van der Waals surface area (Å²) in [5, 5.41) is 10.8. The number of anilines is 1. The Hall–Kier alpha value is -2.64. The zero-order valence-electron chi connectivity index (χ0n) is 17.5. The van der Waals surface area contributed by atoms with Crippen molar-refractivity contribution in [2.75, 3.05) is 44.2 Å². The highest BCUT2D eigenvalue weighted by Crippen LogP contribution is 2.26. The number of nitro groups is 1. The Morgan fingerprint density at radius 1 is 1.00 bits per heavy atom. The SMILES string of the molecule is CC(C)(C)C(=O)N1CCCC(C(=O)N2CCN(c3ccc([N+](=O)[O-])cc3)CC2)C1. The number of piperidine rings is 1. The smallest absolute Gasteiger partial charge is 0.269 e. The lowest BCUT2D eigenvalue weighted by Gasteiger charge is -2.40. The second-order valence-electron chi connectivity index (χ2n) is 8.93. The largest absolute Gasteiger partial charge is 0.368 e. The van der Waals surface area contributed by atoms with Gasteiger partial charge < -0.3 is 14.7 Å². The quantitative estimate of drug-likeness (QED) is 0.573. The second-order valence-corrected chi connectivity index (χ2v) is 8.93. The Balaban J connectivity index is 1.55. The Bertz CT molecular complexity index is 764. The zero-order valence-corrected chi connectivity index (χ0v) is 17.5. The highest BCUT2D eigenvalue weighted by Gasteiger charge is 2.35. The number of benzene rings is 1. The minimum Gasteiger partial charge on any atom is -0.368 e. The van der Waals surface area contributed by atoms with Crippen LogP contribution in [-0.2, 0) is 9.59 Å². The number of amides is 2. The molecule has 2 heterocycles. The summed E-state index contributed by atoms with van der Waals surface area (Å²) in [7, 11) is 0. The van der Waals surface area contributed by atoms with E-state index in [0.717, 1.165) is 25.1 Å². The van der Waals surface area contributed by atoms with E-state index >= 15 is 0 Å². The maximum atomic E-state index is 13.0. The molecular formula is C21H30N4O4. The van der Waals surface area contributed by atoms with Gasteiger partial charge in [-0.3, -0.25) is 19.7 Å². The number of nitro benzene ring substituents is 1. The van der Waals surface area contributed by atoms with Gasteiger partial charge in [0.2, 0.25) is 11.8 Å². The summed E-state index contributed by atoms with van der Waals surface area (Å²) in [5.41, 5.74) is 0.581. The summed E-state index contributed by atoms with van der Waals surface area (Å²) >= 11 is 0. The Morgan fingerprint density at radius 3 is 2.17 bits per heavy atom. The van der Waals surface area contributed by atoms with Crippen LogP contribution >= 0.6 is 0 Å². The molecule has 2 aliphatic rings. The fraction of sp³-hybridized carbons (Fsp3) is 0.619. The molecule has 0 spiro atoms. The maximum Gasteiger partial charge on any atom is 0.269 e. The summed E-state index contributed by atoms with van der Waals surface area (Å²) in [4.78, 5) is 41.9. The number of carbonyl (C=O) groups excluding carboxylic acids is 2. The van der Waals surface area contributed by atoms with Crippen LogP contribution in [0.25, 0.3) is 0 Å². The third kappa shape index (κ3) is 4.86. The van der Waals surface area contributed by atoms with E-state index in [1.807, 2.05) is 30.6 Å². The third-order valence-electron chi connectivity index (χ3n) is 5.72. The molecule has 1 atom stereocenters. The lowest BCUT2D eigenvalue weighted by Crippen LogP contribution is -2.54. The minimum atomic E-state index is -0.429. The van der Waals surface area contributed by atoms with Crippen molar-refractivity contribution in [3.63, 3.8) is 0 Å². The second kappa shape index (κ2) is 8.39. The summed E-state index contributed by atoms with van der Waals surface area (Å²) in [5.74, 6) is 0.124. The number of likely N-dealkylation sites (tertiary alicyclic amines) is 1. The molecule has 0 radical (unpaired) electrons. The molecule has 0 N–H and O–H groups in total. The number of piperazine rings is 1.